The summed E-state index contributed by atoms with van der Waals surface area (Å²) in [5, 5.41) is 1.27. The normalized spacial score (nSPS) is 11.1. The van der Waals surface area contributed by atoms with Crippen molar-refractivity contribution in [3.63, 3.8) is 0 Å². The summed E-state index contributed by atoms with van der Waals surface area (Å²) in [6.07, 6.45) is 1.03. The molecule has 2 rings (SSSR count). The zero-order valence-corrected chi connectivity index (χ0v) is 9.13. The van der Waals surface area contributed by atoms with Gasteiger partial charge in [0, 0.05) is 16.6 Å². The first-order valence-electron chi connectivity index (χ1n) is 5.18. The Bertz CT molecular complexity index is 474. The van der Waals surface area contributed by atoms with Gasteiger partial charge in [-0.3, -0.25) is 4.84 Å². The molecule has 0 spiro atoms. The molecule has 1 aromatic heterocycles. The molecule has 0 saturated carbocycles. The van der Waals surface area contributed by atoms with Gasteiger partial charge in [-0.2, -0.15) is 0 Å². The van der Waals surface area contributed by atoms with Crippen LogP contribution in [0.5, 0.6) is 0 Å². The molecule has 1 aromatic carbocycles. The molecule has 0 aliphatic carbocycles. The van der Waals surface area contributed by atoms with E-state index < -0.39 is 0 Å². The van der Waals surface area contributed by atoms with Crippen LogP contribution in [0.3, 0.4) is 0 Å². The number of nitrogens with two attached hydrogens (primary N) is 1. The van der Waals surface area contributed by atoms with Crippen molar-refractivity contribution in [3.8, 4) is 0 Å². The molecule has 0 saturated heterocycles. The van der Waals surface area contributed by atoms with E-state index in [9.17, 15) is 0 Å². The van der Waals surface area contributed by atoms with Crippen molar-refractivity contribution in [2.24, 2.45) is 5.90 Å². The van der Waals surface area contributed by atoms with Crippen molar-refractivity contribution in [1.82, 2.24) is 4.98 Å². The summed E-state index contributed by atoms with van der Waals surface area (Å²) in [5.74, 6) is 5.10. The lowest BCUT2D eigenvalue weighted by Crippen LogP contribution is -2.00. The minimum Gasteiger partial charge on any atom is -0.356 e. The van der Waals surface area contributed by atoms with E-state index in [1.165, 1.54) is 22.0 Å². The number of fused-ring (bicyclic) bond motifs is 1. The van der Waals surface area contributed by atoms with Crippen LogP contribution in [0.25, 0.3) is 10.9 Å². The highest BCUT2D eigenvalue weighted by Gasteiger charge is 2.09. The van der Waals surface area contributed by atoms with Crippen molar-refractivity contribution in [2.45, 2.75) is 26.9 Å². The van der Waals surface area contributed by atoms with Crippen LogP contribution in [-0.4, -0.2) is 4.98 Å². The molecule has 3 N–H and O–H groups in total. The van der Waals surface area contributed by atoms with Crippen LogP contribution in [0.4, 0.5) is 0 Å². The Morgan fingerprint density at radius 2 is 2.20 bits per heavy atom. The first-order chi connectivity index (χ1) is 7.27. The van der Waals surface area contributed by atoms with E-state index in [0.29, 0.717) is 6.61 Å². The molecule has 80 valence electrons. The molecule has 15 heavy (non-hydrogen) atoms. The van der Waals surface area contributed by atoms with E-state index in [4.69, 9.17) is 5.90 Å². The Balaban J connectivity index is 2.64. The Morgan fingerprint density at radius 3 is 2.87 bits per heavy atom. The fourth-order valence-corrected chi connectivity index (χ4v) is 1.99. The molecule has 0 aliphatic rings. The van der Waals surface area contributed by atoms with Gasteiger partial charge in [0.15, 0.2) is 0 Å². The number of aryl methyl sites for hydroxylation is 2. The van der Waals surface area contributed by atoms with Crippen molar-refractivity contribution in [2.75, 3.05) is 0 Å². The first-order valence-corrected chi connectivity index (χ1v) is 5.18. The van der Waals surface area contributed by atoms with Gasteiger partial charge in [0.25, 0.3) is 0 Å². The van der Waals surface area contributed by atoms with Crippen molar-refractivity contribution >= 4 is 10.9 Å². The van der Waals surface area contributed by atoms with Crippen molar-refractivity contribution < 1.29 is 4.84 Å². The maximum atomic E-state index is 5.10. The van der Waals surface area contributed by atoms with E-state index in [1.54, 1.807) is 0 Å². The van der Waals surface area contributed by atoms with Gasteiger partial charge in [-0.1, -0.05) is 25.1 Å². The number of rotatable bonds is 3. The molecule has 0 radical (unpaired) electrons. The predicted octanol–water partition coefficient (Wildman–Crippen LogP) is 2.43. The van der Waals surface area contributed by atoms with E-state index in [-0.39, 0.29) is 0 Å². The number of nitrogens with one attached hydrogen (secondary N) is 1. The summed E-state index contributed by atoms with van der Waals surface area (Å²) < 4.78 is 0. The second kappa shape index (κ2) is 4.04. The molecule has 0 atom stereocenters. The minimum absolute atomic E-state index is 0.434. The average Bonchev–Trinajstić information content (AvgIpc) is 2.57. The number of hydrogen-bond donors (Lipinski definition) is 2. The van der Waals surface area contributed by atoms with Gasteiger partial charge in [-0.05, 0) is 24.5 Å². The first kappa shape index (κ1) is 10.2. The predicted molar refractivity (Wildman–Crippen MR) is 61.4 cm³/mol. The molecule has 0 amide bonds. The van der Waals surface area contributed by atoms with E-state index in [0.717, 1.165) is 12.1 Å². The Hall–Kier alpha value is -1.32. The topological polar surface area (TPSA) is 51.0 Å². The van der Waals surface area contributed by atoms with Gasteiger partial charge in [0.2, 0.25) is 0 Å². The van der Waals surface area contributed by atoms with Gasteiger partial charge >= 0.3 is 0 Å². The second-order valence-corrected chi connectivity index (χ2v) is 3.73. The standard InChI is InChI=1S/C12H16N2O/c1-3-9-5-4-6-10-8(2)11(7-15-13)14-12(9)10/h4-6,14H,3,7,13H2,1-2H3. The summed E-state index contributed by atoms with van der Waals surface area (Å²) in [7, 11) is 0. The largest absolute Gasteiger partial charge is 0.356 e. The molecule has 3 heteroatoms. The fraction of sp³-hybridized carbons (Fsp3) is 0.333. The Morgan fingerprint density at radius 1 is 1.40 bits per heavy atom. The Labute approximate surface area is 89.2 Å². The van der Waals surface area contributed by atoms with E-state index in [1.807, 2.05) is 0 Å². The smallest absolute Gasteiger partial charge is 0.108 e. The minimum atomic E-state index is 0.434. The third-order valence-electron chi connectivity index (χ3n) is 2.89. The van der Waals surface area contributed by atoms with Gasteiger partial charge in [-0.15, -0.1) is 0 Å². The van der Waals surface area contributed by atoms with Gasteiger partial charge in [0.05, 0.1) is 0 Å². The monoisotopic (exact) mass is 204 g/mol. The molecule has 0 unspecified atom stereocenters. The lowest BCUT2D eigenvalue weighted by atomic mass is 10.1. The van der Waals surface area contributed by atoms with Crippen molar-refractivity contribution in [3.05, 3.63) is 35.0 Å². The van der Waals surface area contributed by atoms with E-state index in [2.05, 4.69) is 41.9 Å². The molecule has 3 nitrogen and oxygen atoms in total. The van der Waals surface area contributed by atoms with Crippen LogP contribution in [0.1, 0.15) is 23.7 Å². The van der Waals surface area contributed by atoms with Gasteiger partial charge in [-0.25, -0.2) is 5.90 Å². The zero-order chi connectivity index (χ0) is 10.8. The second-order valence-electron chi connectivity index (χ2n) is 3.73. The summed E-state index contributed by atoms with van der Waals surface area (Å²) in [4.78, 5) is 8.06. The summed E-state index contributed by atoms with van der Waals surface area (Å²) in [6, 6.07) is 6.36. The molecule has 0 aliphatic heterocycles. The van der Waals surface area contributed by atoms with Gasteiger partial charge < -0.3 is 4.98 Å². The highest BCUT2D eigenvalue weighted by atomic mass is 16.6. The van der Waals surface area contributed by atoms with Crippen LogP contribution in [-0.2, 0) is 17.9 Å². The van der Waals surface area contributed by atoms with Crippen LogP contribution in [0.15, 0.2) is 18.2 Å². The number of para-hydroxylation sites is 1. The number of benzene rings is 1. The number of aromatic amines is 1. The Kier molecular flexibility index (Phi) is 2.75. The lowest BCUT2D eigenvalue weighted by Gasteiger charge is -1.98. The quantitative estimate of drug-likeness (QED) is 0.754. The SMILES string of the molecule is CCc1cccc2c(C)c(CON)[nH]c12. The zero-order valence-electron chi connectivity index (χ0n) is 9.13. The van der Waals surface area contributed by atoms with Crippen LogP contribution in [0.2, 0.25) is 0 Å². The highest BCUT2D eigenvalue weighted by Crippen LogP contribution is 2.25. The highest BCUT2D eigenvalue weighted by molar-refractivity contribution is 5.87. The number of aromatic nitrogens is 1. The lowest BCUT2D eigenvalue weighted by molar-refractivity contribution is 0.121. The molecular weight excluding hydrogens is 188 g/mol. The third-order valence-corrected chi connectivity index (χ3v) is 2.89. The number of hydrogen-bond acceptors (Lipinski definition) is 2. The maximum Gasteiger partial charge on any atom is 0.108 e. The molecule has 0 bridgehead atoms. The van der Waals surface area contributed by atoms with Gasteiger partial charge in [0.1, 0.15) is 6.61 Å². The van der Waals surface area contributed by atoms with Crippen LogP contribution < -0.4 is 5.90 Å². The third kappa shape index (κ3) is 1.64. The van der Waals surface area contributed by atoms with Crippen molar-refractivity contribution in [1.29, 1.82) is 0 Å². The maximum absolute atomic E-state index is 5.10. The molecular formula is C12H16N2O. The molecule has 0 fully saturated rings. The summed E-state index contributed by atoms with van der Waals surface area (Å²) >= 11 is 0. The summed E-state index contributed by atoms with van der Waals surface area (Å²) in [6.45, 7) is 4.68. The van der Waals surface area contributed by atoms with Crippen LogP contribution in [0, 0.1) is 6.92 Å². The number of H-pyrrole nitrogens is 1. The molecule has 2 aromatic rings. The van der Waals surface area contributed by atoms with E-state index >= 15 is 0 Å². The average molecular weight is 204 g/mol. The molecule has 1 heterocycles. The summed E-state index contributed by atoms with van der Waals surface area (Å²) in [5.41, 5.74) is 4.84. The van der Waals surface area contributed by atoms with Crippen LogP contribution >= 0.6 is 0 Å². The fourth-order valence-electron chi connectivity index (χ4n) is 1.99.